The van der Waals surface area contributed by atoms with Gasteiger partial charge in [0.05, 0.1) is 0 Å². The van der Waals surface area contributed by atoms with Crippen LogP contribution in [-0.4, -0.2) is 70.7 Å². The number of hydrogen-bond acceptors (Lipinski definition) is 8. The van der Waals surface area contributed by atoms with Crippen LogP contribution in [0.3, 0.4) is 0 Å². The number of fused-ring (bicyclic) bond motifs is 2. The fourth-order valence-electron chi connectivity index (χ4n) is 6.88. The average Bonchev–Trinajstić information content (AvgIpc) is 3.14. The fraction of sp³-hybridized carbons (Fsp3) is 0.300. The molecule has 0 unspecified atom stereocenters. The molecule has 0 amide bonds. The number of nitrogens with zero attached hydrogens (tertiary/aromatic N) is 6. The summed E-state index contributed by atoms with van der Waals surface area (Å²) in [5.41, 5.74) is 3.32. The number of anilines is 2. The molecule has 0 spiro atoms. The van der Waals surface area contributed by atoms with Crippen LogP contribution in [0.25, 0.3) is 44.1 Å². The van der Waals surface area contributed by atoms with Crippen LogP contribution >= 0.6 is 0 Å². The maximum atomic E-state index is 13.3. The Morgan fingerprint density at radius 3 is 1.24 bits per heavy atom. The van der Waals surface area contributed by atoms with Crippen molar-refractivity contribution >= 4 is 33.2 Å². The molecule has 4 atom stereocenters. The van der Waals surface area contributed by atoms with Crippen molar-refractivity contribution in [3.05, 3.63) is 109 Å². The first-order valence-electron chi connectivity index (χ1n) is 17.3. The second kappa shape index (κ2) is 14.4. The molecule has 2 fully saturated rings. The van der Waals surface area contributed by atoms with Gasteiger partial charge in [-0.15, -0.1) is 20.4 Å². The normalized spacial score (nSPS) is 20.8. The van der Waals surface area contributed by atoms with Crippen molar-refractivity contribution in [1.29, 1.82) is 0 Å². The van der Waals surface area contributed by atoms with Crippen LogP contribution in [0.5, 0.6) is 0 Å². The van der Waals surface area contributed by atoms with Gasteiger partial charge in [0.1, 0.15) is 23.0 Å². The topological polar surface area (TPSA) is 82.1 Å². The van der Waals surface area contributed by atoms with E-state index in [1.807, 2.05) is 24.3 Å². The predicted octanol–water partition coefficient (Wildman–Crippen LogP) is 7.25. The van der Waals surface area contributed by atoms with E-state index in [1.54, 1.807) is 24.3 Å². The summed E-state index contributed by atoms with van der Waals surface area (Å²) in [5, 5.41) is 29.4. The second-order valence-electron chi connectivity index (χ2n) is 13.5. The average molecular weight is 673 g/mol. The molecular formula is C40H42F2N8. The lowest BCUT2D eigenvalue weighted by Gasteiger charge is -2.38. The van der Waals surface area contributed by atoms with Crippen LogP contribution in [0.2, 0.25) is 0 Å². The summed E-state index contributed by atoms with van der Waals surface area (Å²) in [6.45, 7) is 12.4. The highest BCUT2D eigenvalue weighted by molar-refractivity contribution is 6.01. The van der Waals surface area contributed by atoms with E-state index in [0.717, 1.165) is 81.9 Å². The Morgan fingerprint density at radius 2 is 0.860 bits per heavy atom. The van der Waals surface area contributed by atoms with Crippen molar-refractivity contribution < 1.29 is 8.78 Å². The van der Waals surface area contributed by atoms with Gasteiger partial charge >= 0.3 is 0 Å². The van der Waals surface area contributed by atoms with Crippen molar-refractivity contribution in [3.63, 3.8) is 0 Å². The lowest BCUT2D eigenvalue weighted by molar-refractivity contribution is 0.422. The molecule has 0 bridgehead atoms. The van der Waals surface area contributed by atoms with E-state index < -0.39 is 0 Å². The number of aromatic nitrogens is 4. The lowest BCUT2D eigenvalue weighted by Crippen LogP contribution is -2.54. The van der Waals surface area contributed by atoms with E-state index in [0.29, 0.717) is 24.2 Å². The van der Waals surface area contributed by atoms with Gasteiger partial charge in [-0.25, -0.2) is 8.78 Å². The standard InChI is InChI=1S/2C20H21FN4/c2*1-13-12-25(14(2)11-22-13)20-18-6-4-3-5-17(18)19(23-24-20)15-7-9-16(21)10-8-15/h2*3-10,13-14,22H,11-12H2,1-2H3/t2*13-,14-/m10/s1. The van der Waals surface area contributed by atoms with Crippen molar-refractivity contribution in [2.45, 2.75) is 51.9 Å². The molecule has 8 rings (SSSR count). The van der Waals surface area contributed by atoms with E-state index in [-0.39, 0.29) is 11.6 Å². The molecule has 4 heterocycles. The quantitative estimate of drug-likeness (QED) is 0.203. The van der Waals surface area contributed by atoms with Gasteiger partial charge in [0.25, 0.3) is 0 Å². The molecule has 50 heavy (non-hydrogen) atoms. The summed E-state index contributed by atoms with van der Waals surface area (Å²) >= 11 is 0. The molecule has 2 aromatic heterocycles. The van der Waals surface area contributed by atoms with Crippen LogP contribution < -0.4 is 20.4 Å². The predicted molar refractivity (Wildman–Crippen MR) is 198 cm³/mol. The number of halogens is 2. The molecule has 0 saturated carbocycles. The third kappa shape index (κ3) is 6.86. The Balaban J connectivity index is 0.000000157. The largest absolute Gasteiger partial charge is 0.349 e. The SMILES string of the molecule is C[C@@H]1CN(c2nnc(-c3ccc(F)cc3)c3ccccc23)[C@H](C)CN1.C[C@H]1CN(c2nnc(-c3ccc(F)cc3)c3ccccc23)[C@@H](C)CN1. The molecule has 0 radical (unpaired) electrons. The van der Waals surface area contributed by atoms with Crippen molar-refractivity contribution in [2.75, 3.05) is 36.0 Å². The number of benzene rings is 4. The summed E-state index contributed by atoms with van der Waals surface area (Å²) in [6.07, 6.45) is 0. The Hall–Kier alpha value is -5.06. The third-order valence-electron chi connectivity index (χ3n) is 9.64. The molecule has 4 aromatic carbocycles. The molecule has 2 aliphatic rings. The molecule has 8 nitrogen and oxygen atoms in total. The molecular weight excluding hydrogens is 630 g/mol. The van der Waals surface area contributed by atoms with Gasteiger partial charge < -0.3 is 20.4 Å². The number of rotatable bonds is 4. The first kappa shape index (κ1) is 33.4. The first-order chi connectivity index (χ1) is 24.3. The van der Waals surface area contributed by atoms with Crippen LogP contribution in [0, 0.1) is 11.6 Å². The van der Waals surface area contributed by atoms with Gasteiger partial charge in [-0.2, -0.15) is 0 Å². The van der Waals surface area contributed by atoms with Gasteiger partial charge in [-0.1, -0.05) is 48.5 Å². The van der Waals surface area contributed by atoms with Crippen LogP contribution in [0.15, 0.2) is 97.1 Å². The maximum absolute atomic E-state index is 13.3. The van der Waals surface area contributed by atoms with Gasteiger partial charge in [0.2, 0.25) is 0 Å². The molecule has 6 aromatic rings. The van der Waals surface area contributed by atoms with Crippen LogP contribution in [0.4, 0.5) is 20.4 Å². The number of nitrogens with one attached hydrogen (secondary N) is 2. The van der Waals surface area contributed by atoms with Crippen molar-refractivity contribution in [3.8, 4) is 22.5 Å². The maximum Gasteiger partial charge on any atom is 0.159 e. The summed E-state index contributed by atoms with van der Waals surface area (Å²) < 4.78 is 26.5. The highest BCUT2D eigenvalue weighted by Gasteiger charge is 2.27. The first-order valence-corrected chi connectivity index (χ1v) is 17.3. The van der Waals surface area contributed by atoms with Gasteiger partial charge in [0.15, 0.2) is 11.6 Å². The third-order valence-corrected chi connectivity index (χ3v) is 9.64. The number of hydrogen-bond donors (Lipinski definition) is 2. The monoisotopic (exact) mass is 672 g/mol. The summed E-state index contributed by atoms with van der Waals surface area (Å²) in [7, 11) is 0. The Kier molecular flexibility index (Phi) is 9.65. The van der Waals surface area contributed by atoms with E-state index >= 15 is 0 Å². The summed E-state index contributed by atoms with van der Waals surface area (Å²) in [4.78, 5) is 4.65. The molecule has 2 aliphatic heterocycles. The molecule has 2 N–H and O–H groups in total. The summed E-state index contributed by atoms with van der Waals surface area (Å²) in [6, 6.07) is 30.7. The fourth-order valence-corrected chi connectivity index (χ4v) is 6.88. The highest BCUT2D eigenvalue weighted by atomic mass is 19.1. The van der Waals surface area contributed by atoms with E-state index in [4.69, 9.17) is 0 Å². The molecule has 10 heteroatoms. The second-order valence-corrected chi connectivity index (χ2v) is 13.5. The van der Waals surface area contributed by atoms with Crippen molar-refractivity contribution in [1.82, 2.24) is 31.0 Å². The van der Waals surface area contributed by atoms with Crippen LogP contribution in [0.1, 0.15) is 27.7 Å². The van der Waals surface area contributed by atoms with E-state index in [2.05, 4.69) is 92.8 Å². The lowest BCUT2D eigenvalue weighted by atomic mass is 10.0. The minimum absolute atomic E-state index is 0.249. The molecule has 0 aliphatic carbocycles. The highest BCUT2D eigenvalue weighted by Crippen LogP contribution is 2.34. The zero-order valence-corrected chi connectivity index (χ0v) is 28.8. The Bertz CT molecular complexity index is 1940. The van der Waals surface area contributed by atoms with E-state index in [1.165, 1.54) is 24.3 Å². The van der Waals surface area contributed by atoms with E-state index in [9.17, 15) is 8.78 Å². The van der Waals surface area contributed by atoms with Crippen molar-refractivity contribution in [2.24, 2.45) is 0 Å². The Morgan fingerprint density at radius 1 is 0.500 bits per heavy atom. The zero-order valence-electron chi connectivity index (χ0n) is 28.8. The van der Waals surface area contributed by atoms with Gasteiger partial charge in [0, 0.05) is 83.0 Å². The zero-order chi connectivity index (χ0) is 34.8. The van der Waals surface area contributed by atoms with Gasteiger partial charge in [-0.05, 0) is 76.2 Å². The molecule has 256 valence electrons. The minimum Gasteiger partial charge on any atom is -0.349 e. The minimum atomic E-state index is -0.249. The Labute approximate surface area is 291 Å². The summed E-state index contributed by atoms with van der Waals surface area (Å²) in [5.74, 6) is 1.34. The molecule has 2 saturated heterocycles. The van der Waals surface area contributed by atoms with Crippen LogP contribution in [-0.2, 0) is 0 Å². The smallest absolute Gasteiger partial charge is 0.159 e. The number of piperazine rings is 2. The van der Waals surface area contributed by atoms with Gasteiger partial charge in [-0.3, -0.25) is 0 Å².